The monoisotopic (exact) mass is 397 g/mol. The maximum Gasteiger partial charge on any atom is 0.337 e. The molecule has 0 aliphatic rings. The molecule has 0 unspecified atom stereocenters. The molecule has 0 aliphatic heterocycles. The van der Waals surface area contributed by atoms with Gasteiger partial charge in [0.15, 0.2) is 11.6 Å². The molecule has 24 heavy (non-hydrogen) atoms. The molecule has 2 rings (SSSR count). The van der Waals surface area contributed by atoms with Crippen LogP contribution in [0.1, 0.15) is 10.4 Å². The molecule has 0 radical (unpaired) electrons. The molecule has 0 bridgehead atoms. The Bertz CT molecular complexity index is 785. The van der Waals surface area contributed by atoms with E-state index in [2.05, 4.69) is 36.3 Å². The van der Waals surface area contributed by atoms with Crippen LogP contribution in [-0.2, 0) is 4.74 Å². The average Bonchev–Trinajstić information content (AvgIpc) is 2.58. The molecule has 1 aromatic carbocycles. The number of methoxy groups -OCH3 is 1. The summed E-state index contributed by atoms with van der Waals surface area (Å²) in [6.45, 7) is 0. The smallest absolute Gasteiger partial charge is 0.337 e. The number of aromatic nitrogens is 1. The zero-order valence-electron chi connectivity index (χ0n) is 12.7. The molecule has 2 amide bonds. The van der Waals surface area contributed by atoms with Crippen molar-refractivity contribution in [3.8, 4) is 11.5 Å². The lowest BCUT2D eigenvalue weighted by Gasteiger charge is -2.11. The third-order valence-electron chi connectivity index (χ3n) is 2.86. The van der Waals surface area contributed by atoms with Gasteiger partial charge in [-0.1, -0.05) is 0 Å². The lowest BCUT2D eigenvalue weighted by Crippen LogP contribution is -2.24. The Morgan fingerprint density at radius 2 is 2.00 bits per heavy atom. The number of urea groups is 1. The molecule has 0 saturated carbocycles. The Morgan fingerprint density at radius 1 is 1.25 bits per heavy atom. The van der Waals surface area contributed by atoms with Crippen molar-refractivity contribution in [3.05, 3.63) is 46.3 Å². The van der Waals surface area contributed by atoms with Gasteiger partial charge in [-0.3, -0.25) is 5.32 Å². The number of carbonyl (C=O) groups is 2. The molecule has 1 aromatic heterocycles. The van der Waals surface area contributed by atoms with E-state index in [-0.39, 0.29) is 22.9 Å². The topological polar surface area (TPSA) is 89.6 Å². The van der Waals surface area contributed by atoms with E-state index in [9.17, 15) is 14.0 Å². The molecule has 2 aromatic rings. The fourth-order valence-corrected chi connectivity index (χ4v) is 1.99. The van der Waals surface area contributed by atoms with Crippen LogP contribution >= 0.6 is 15.9 Å². The molecule has 2 N–H and O–H groups in total. The largest absolute Gasteiger partial charge is 0.465 e. The summed E-state index contributed by atoms with van der Waals surface area (Å²) in [6, 6.07) is 4.55. The quantitative estimate of drug-likeness (QED) is 0.772. The fourth-order valence-electron chi connectivity index (χ4n) is 1.69. The number of amides is 2. The van der Waals surface area contributed by atoms with Crippen molar-refractivity contribution in [1.29, 1.82) is 0 Å². The van der Waals surface area contributed by atoms with Crippen LogP contribution in [0.2, 0.25) is 0 Å². The van der Waals surface area contributed by atoms with Gasteiger partial charge >= 0.3 is 12.0 Å². The molecule has 0 spiro atoms. The first-order valence-electron chi connectivity index (χ1n) is 6.64. The summed E-state index contributed by atoms with van der Waals surface area (Å²) in [7, 11) is 2.68. The Hall–Kier alpha value is -2.68. The number of esters is 1. The molecule has 1 heterocycles. The minimum Gasteiger partial charge on any atom is -0.465 e. The number of halogens is 2. The average molecular weight is 398 g/mol. The number of carbonyl (C=O) groups excluding carboxylic acids is 2. The van der Waals surface area contributed by atoms with Gasteiger partial charge in [-0.05, 0) is 34.1 Å². The molecule has 9 heteroatoms. The molecule has 126 valence electrons. The van der Waals surface area contributed by atoms with Gasteiger partial charge in [0, 0.05) is 19.3 Å². The van der Waals surface area contributed by atoms with Crippen molar-refractivity contribution in [2.45, 2.75) is 0 Å². The van der Waals surface area contributed by atoms with E-state index in [4.69, 9.17) is 4.74 Å². The molecular weight excluding hydrogens is 385 g/mol. The van der Waals surface area contributed by atoms with Gasteiger partial charge < -0.3 is 14.8 Å². The van der Waals surface area contributed by atoms with Crippen LogP contribution in [0.25, 0.3) is 0 Å². The lowest BCUT2D eigenvalue weighted by molar-refractivity contribution is 0.0600. The molecule has 7 nitrogen and oxygen atoms in total. The van der Waals surface area contributed by atoms with Crippen molar-refractivity contribution in [2.24, 2.45) is 0 Å². The summed E-state index contributed by atoms with van der Waals surface area (Å²) in [4.78, 5) is 26.8. The molecular formula is C15H13BrFN3O4. The van der Waals surface area contributed by atoms with Crippen LogP contribution in [0, 0.1) is 5.82 Å². The Morgan fingerprint density at radius 3 is 2.67 bits per heavy atom. The number of hydrogen-bond acceptors (Lipinski definition) is 5. The van der Waals surface area contributed by atoms with E-state index in [0.29, 0.717) is 4.47 Å². The first kappa shape index (κ1) is 17.7. The van der Waals surface area contributed by atoms with Gasteiger partial charge in [0.25, 0.3) is 0 Å². The van der Waals surface area contributed by atoms with Gasteiger partial charge in [-0.2, -0.15) is 0 Å². The SMILES string of the molecule is CNC(=O)Nc1cc(Oc2cc(C(=O)OC)ccc2F)c(Br)cn1. The van der Waals surface area contributed by atoms with Crippen LogP contribution in [0.5, 0.6) is 11.5 Å². The van der Waals surface area contributed by atoms with Crippen molar-refractivity contribution >= 4 is 33.7 Å². The summed E-state index contributed by atoms with van der Waals surface area (Å²) >= 11 is 3.23. The highest BCUT2D eigenvalue weighted by Gasteiger charge is 2.14. The highest BCUT2D eigenvalue weighted by molar-refractivity contribution is 9.10. The maximum atomic E-state index is 13.9. The number of ether oxygens (including phenoxy) is 2. The normalized spacial score (nSPS) is 10.0. The first-order chi connectivity index (χ1) is 11.4. The number of pyridine rings is 1. The van der Waals surface area contributed by atoms with E-state index in [1.807, 2.05) is 0 Å². The van der Waals surface area contributed by atoms with Crippen LogP contribution < -0.4 is 15.4 Å². The summed E-state index contributed by atoms with van der Waals surface area (Å²) in [5.74, 6) is -1.03. The zero-order chi connectivity index (χ0) is 17.7. The van der Waals surface area contributed by atoms with Crippen molar-refractivity contribution in [2.75, 3.05) is 19.5 Å². The number of nitrogens with one attached hydrogen (secondary N) is 2. The van der Waals surface area contributed by atoms with E-state index in [1.54, 1.807) is 0 Å². The second-order valence-corrected chi connectivity index (χ2v) is 5.30. The predicted octanol–water partition coefficient (Wildman–Crippen LogP) is 3.31. The second-order valence-electron chi connectivity index (χ2n) is 4.44. The first-order valence-corrected chi connectivity index (χ1v) is 7.44. The minimum atomic E-state index is -0.660. The fraction of sp³-hybridized carbons (Fsp3) is 0.133. The zero-order valence-corrected chi connectivity index (χ0v) is 14.3. The number of anilines is 1. The summed E-state index contributed by atoms with van der Waals surface area (Å²) in [5.41, 5.74) is 0.141. The van der Waals surface area contributed by atoms with Crippen LogP contribution in [-0.4, -0.2) is 31.1 Å². The highest BCUT2D eigenvalue weighted by atomic mass is 79.9. The van der Waals surface area contributed by atoms with Crippen LogP contribution in [0.4, 0.5) is 15.0 Å². The van der Waals surface area contributed by atoms with Crippen molar-refractivity contribution in [3.63, 3.8) is 0 Å². The lowest BCUT2D eigenvalue weighted by atomic mass is 10.2. The standard InChI is InChI=1S/C15H13BrFN3O4/c1-18-15(22)20-13-6-11(9(16)7-19-13)24-12-5-8(14(21)23-2)3-4-10(12)17/h3-7H,1-2H3,(H2,18,19,20,22). The number of benzene rings is 1. The summed E-state index contributed by atoms with van der Waals surface area (Å²) in [5, 5.41) is 4.85. The third-order valence-corrected chi connectivity index (χ3v) is 3.46. The Kier molecular flexibility index (Phi) is 5.69. The van der Waals surface area contributed by atoms with Crippen LogP contribution in [0.3, 0.4) is 0 Å². The number of nitrogens with zero attached hydrogens (tertiary/aromatic N) is 1. The Labute approximate surface area is 145 Å². The van der Waals surface area contributed by atoms with Gasteiger partial charge in [-0.15, -0.1) is 0 Å². The third kappa shape index (κ3) is 4.19. The highest BCUT2D eigenvalue weighted by Crippen LogP contribution is 2.32. The second kappa shape index (κ2) is 7.73. The maximum absolute atomic E-state index is 13.9. The number of hydrogen-bond donors (Lipinski definition) is 2. The summed E-state index contributed by atoms with van der Waals surface area (Å²) < 4.78 is 24.4. The van der Waals surface area contributed by atoms with Gasteiger partial charge in [0.1, 0.15) is 11.6 Å². The van der Waals surface area contributed by atoms with Gasteiger partial charge in [0.05, 0.1) is 17.1 Å². The van der Waals surface area contributed by atoms with Gasteiger partial charge in [0.2, 0.25) is 0 Å². The molecule has 0 atom stereocenters. The van der Waals surface area contributed by atoms with Gasteiger partial charge in [-0.25, -0.2) is 19.0 Å². The van der Waals surface area contributed by atoms with Crippen molar-refractivity contribution < 1.29 is 23.5 Å². The Balaban J connectivity index is 2.31. The summed E-state index contributed by atoms with van der Waals surface area (Å²) in [6.07, 6.45) is 1.39. The van der Waals surface area contributed by atoms with Crippen molar-refractivity contribution in [1.82, 2.24) is 10.3 Å². The van der Waals surface area contributed by atoms with E-state index in [0.717, 1.165) is 6.07 Å². The van der Waals surface area contributed by atoms with E-state index >= 15 is 0 Å². The number of rotatable bonds is 4. The molecule has 0 aliphatic carbocycles. The van der Waals surface area contributed by atoms with E-state index in [1.165, 1.54) is 38.6 Å². The predicted molar refractivity (Wildman–Crippen MR) is 87.8 cm³/mol. The molecule has 0 saturated heterocycles. The molecule has 0 fully saturated rings. The van der Waals surface area contributed by atoms with E-state index < -0.39 is 17.8 Å². The van der Waals surface area contributed by atoms with Crippen LogP contribution in [0.15, 0.2) is 34.9 Å². The minimum absolute atomic E-state index is 0.141.